The van der Waals surface area contributed by atoms with Gasteiger partial charge in [-0.3, -0.25) is 5.32 Å². The molecule has 1 aliphatic heterocycles. The molecule has 1 aromatic carbocycles. The third-order valence-electron chi connectivity index (χ3n) is 4.40. The van der Waals surface area contributed by atoms with E-state index in [-0.39, 0.29) is 0 Å². The fourth-order valence-corrected chi connectivity index (χ4v) is 3.91. The molecule has 1 N–H and O–H groups in total. The summed E-state index contributed by atoms with van der Waals surface area (Å²) in [6, 6.07) is 12.3. The number of rotatable bonds is 3. The van der Waals surface area contributed by atoms with Gasteiger partial charge in [-0.05, 0) is 45.0 Å². The number of thiazole rings is 1. The van der Waals surface area contributed by atoms with Crippen LogP contribution in [0.5, 0.6) is 0 Å². The van der Waals surface area contributed by atoms with Crippen molar-refractivity contribution in [2.75, 3.05) is 36.5 Å². The van der Waals surface area contributed by atoms with Crippen molar-refractivity contribution in [1.29, 1.82) is 0 Å². The standard InChI is InChI=1S/C21H24N4O3S/c1-21(2,3)28-20(26)24-19-23-17-9-8-16(22-18(17)29-19)14-4-6-15(7-5-14)25-10-12-27-13-11-25/h4-9H,10-13H2,1-3H3,(H,23,24,26). The predicted molar refractivity (Wildman–Crippen MR) is 116 cm³/mol. The number of carbonyl (C=O) groups excluding carboxylic acids is 1. The Morgan fingerprint density at radius 3 is 2.52 bits per heavy atom. The van der Waals surface area contributed by atoms with Crippen LogP contribution in [0.1, 0.15) is 20.8 Å². The molecule has 1 amide bonds. The van der Waals surface area contributed by atoms with E-state index < -0.39 is 11.7 Å². The van der Waals surface area contributed by atoms with Gasteiger partial charge in [0.05, 0.1) is 18.9 Å². The van der Waals surface area contributed by atoms with Crippen LogP contribution in [-0.4, -0.2) is 48.0 Å². The zero-order valence-electron chi connectivity index (χ0n) is 16.8. The maximum atomic E-state index is 12.0. The molecule has 152 valence electrons. The van der Waals surface area contributed by atoms with E-state index >= 15 is 0 Å². The number of anilines is 2. The Kier molecular flexibility index (Phi) is 5.38. The minimum Gasteiger partial charge on any atom is -0.444 e. The highest BCUT2D eigenvalue weighted by atomic mass is 32.1. The van der Waals surface area contributed by atoms with E-state index in [4.69, 9.17) is 14.5 Å². The van der Waals surface area contributed by atoms with E-state index in [0.717, 1.165) is 47.9 Å². The van der Waals surface area contributed by atoms with Crippen molar-refractivity contribution in [1.82, 2.24) is 9.97 Å². The van der Waals surface area contributed by atoms with Gasteiger partial charge in [0.2, 0.25) is 0 Å². The SMILES string of the molecule is CC(C)(C)OC(=O)Nc1nc2ccc(-c3ccc(N4CCOCC4)cc3)nc2s1. The number of hydrogen-bond acceptors (Lipinski definition) is 7. The van der Waals surface area contributed by atoms with Crippen LogP contribution in [0.15, 0.2) is 36.4 Å². The number of pyridine rings is 1. The molecule has 2 aromatic heterocycles. The van der Waals surface area contributed by atoms with Gasteiger partial charge < -0.3 is 14.4 Å². The van der Waals surface area contributed by atoms with Gasteiger partial charge in [0.1, 0.15) is 15.9 Å². The lowest BCUT2D eigenvalue weighted by Crippen LogP contribution is -2.36. The van der Waals surface area contributed by atoms with Crippen molar-refractivity contribution >= 4 is 38.6 Å². The van der Waals surface area contributed by atoms with Crippen LogP contribution in [0, 0.1) is 0 Å². The number of ether oxygens (including phenoxy) is 2. The first-order chi connectivity index (χ1) is 13.9. The first kappa shape index (κ1) is 19.6. The molecule has 0 radical (unpaired) electrons. The molecule has 1 saturated heterocycles. The predicted octanol–water partition coefficient (Wildman–Crippen LogP) is 4.54. The second kappa shape index (κ2) is 7.96. The second-order valence-electron chi connectivity index (χ2n) is 7.81. The summed E-state index contributed by atoms with van der Waals surface area (Å²) in [6.07, 6.45) is -0.518. The zero-order valence-corrected chi connectivity index (χ0v) is 17.6. The van der Waals surface area contributed by atoms with Crippen molar-refractivity contribution in [2.45, 2.75) is 26.4 Å². The topological polar surface area (TPSA) is 76.6 Å². The van der Waals surface area contributed by atoms with Gasteiger partial charge >= 0.3 is 6.09 Å². The monoisotopic (exact) mass is 412 g/mol. The van der Waals surface area contributed by atoms with E-state index in [1.165, 1.54) is 17.0 Å². The average Bonchev–Trinajstić information content (AvgIpc) is 3.08. The maximum absolute atomic E-state index is 12.0. The van der Waals surface area contributed by atoms with E-state index in [9.17, 15) is 4.79 Å². The average molecular weight is 413 g/mol. The normalized spacial score (nSPS) is 14.8. The largest absolute Gasteiger partial charge is 0.444 e. The summed E-state index contributed by atoms with van der Waals surface area (Å²) in [5.74, 6) is 0. The lowest BCUT2D eigenvalue weighted by atomic mass is 10.1. The molecule has 7 nitrogen and oxygen atoms in total. The summed E-state index contributed by atoms with van der Waals surface area (Å²) >= 11 is 1.33. The molecule has 1 aliphatic rings. The zero-order chi connectivity index (χ0) is 20.4. The van der Waals surface area contributed by atoms with Crippen LogP contribution >= 0.6 is 11.3 Å². The smallest absolute Gasteiger partial charge is 0.413 e. The molecule has 0 saturated carbocycles. The maximum Gasteiger partial charge on any atom is 0.413 e. The summed E-state index contributed by atoms with van der Waals surface area (Å²) in [6.45, 7) is 8.83. The molecule has 0 aliphatic carbocycles. The highest BCUT2D eigenvalue weighted by Crippen LogP contribution is 2.29. The summed E-state index contributed by atoms with van der Waals surface area (Å²) < 4.78 is 10.7. The first-order valence-corrected chi connectivity index (χ1v) is 10.4. The fourth-order valence-electron chi connectivity index (χ4n) is 3.09. The van der Waals surface area contributed by atoms with Gasteiger partial charge in [-0.25, -0.2) is 14.8 Å². The Bertz CT molecular complexity index is 1000. The molecule has 0 atom stereocenters. The Morgan fingerprint density at radius 1 is 1.10 bits per heavy atom. The highest BCUT2D eigenvalue weighted by molar-refractivity contribution is 7.21. The van der Waals surface area contributed by atoms with Crippen LogP contribution in [0.4, 0.5) is 15.6 Å². The fraction of sp³-hybridized carbons (Fsp3) is 0.381. The number of benzene rings is 1. The van der Waals surface area contributed by atoms with E-state index in [1.807, 2.05) is 32.9 Å². The molecular weight excluding hydrogens is 388 g/mol. The molecule has 0 spiro atoms. The summed E-state index contributed by atoms with van der Waals surface area (Å²) in [4.78, 5) is 24.2. The van der Waals surface area contributed by atoms with Gasteiger partial charge in [0, 0.05) is 24.3 Å². The molecule has 29 heavy (non-hydrogen) atoms. The number of hydrogen-bond donors (Lipinski definition) is 1. The molecule has 0 bridgehead atoms. The lowest BCUT2D eigenvalue weighted by molar-refractivity contribution is 0.0636. The minimum atomic E-state index is -0.556. The number of aromatic nitrogens is 2. The summed E-state index contributed by atoms with van der Waals surface area (Å²) in [7, 11) is 0. The first-order valence-electron chi connectivity index (χ1n) is 9.58. The Balaban J connectivity index is 1.50. The Morgan fingerprint density at radius 2 is 1.83 bits per heavy atom. The molecule has 0 unspecified atom stereocenters. The number of morpholine rings is 1. The molecule has 8 heteroatoms. The van der Waals surface area contributed by atoms with Gasteiger partial charge in [0.25, 0.3) is 0 Å². The number of amides is 1. The second-order valence-corrected chi connectivity index (χ2v) is 8.79. The van der Waals surface area contributed by atoms with Crippen LogP contribution < -0.4 is 10.2 Å². The van der Waals surface area contributed by atoms with Crippen molar-refractivity contribution in [3.05, 3.63) is 36.4 Å². The third kappa shape index (κ3) is 4.83. The number of fused-ring (bicyclic) bond motifs is 1. The van der Waals surface area contributed by atoms with Crippen LogP contribution in [0.25, 0.3) is 21.6 Å². The van der Waals surface area contributed by atoms with Crippen LogP contribution in [0.2, 0.25) is 0 Å². The lowest BCUT2D eigenvalue weighted by Gasteiger charge is -2.28. The Labute approximate surface area is 173 Å². The van der Waals surface area contributed by atoms with Crippen molar-refractivity contribution < 1.29 is 14.3 Å². The Hall–Kier alpha value is -2.71. The summed E-state index contributed by atoms with van der Waals surface area (Å²) in [5.41, 5.74) is 3.30. The van der Waals surface area contributed by atoms with Crippen molar-refractivity contribution in [2.24, 2.45) is 0 Å². The number of carbonyl (C=O) groups is 1. The molecular formula is C21H24N4O3S. The highest BCUT2D eigenvalue weighted by Gasteiger charge is 2.18. The molecule has 1 fully saturated rings. The summed E-state index contributed by atoms with van der Waals surface area (Å²) in [5, 5.41) is 3.16. The molecule has 3 heterocycles. The van der Waals surface area contributed by atoms with E-state index in [0.29, 0.717) is 5.13 Å². The quantitative estimate of drug-likeness (QED) is 0.680. The van der Waals surface area contributed by atoms with Gasteiger partial charge in [-0.2, -0.15) is 0 Å². The molecule has 3 aromatic rings. The number of nitrogens with one attached hydrogen (secondary N) is 1. The van der Waals surface area contributed by atoms with Gasteiger partial charge in [-0.15, -0.1) is 0 Å². The van der Waals surface area contributed by atoms with Gasteiger partial charge in [-0.1, -0.05) is 23.5 Å². The third-order valence-corrected chi connectivity index (χ3v) is 5.28. The van der Waals surface area contributed by atoms with Crippen molar-refractivity contribution in [3.63, 3.8) is 0 Å². The van der Waals surface area contributed by atoms with Gasteiger partial charge in [0.15, 0.2) is 5.13 Å². The minimum absolute atomic E-state index is 0.474. The van der Waals surface area contributed by atoms with Crippen LogP contribution in [-0.2, 0) is 9.47 Å². The van der Waals surface area contributed by atoms with E-state index in [1.54, 1.807) is 0 Å². The van der Waals surface area contributed by atoms with Crippen molar-refractivity contribution in [3.8, 4) is 11.3 Å². The molecule has 4 rings (SSSR count). The number of nitrogens with zero attached hydrogens (tertiary/aromatic N) is 3. The van der Waals surface area contributed by atoms with E-state index in [2.05, 4.69) is 39.5 Å². The van der Waals surface area contributed by atoms with Crippen LogP contribution in [0.3, 0.4) is 0 Å².